The van der Waals surface area contributed by atoms with E-state index in [2.05, 4.69) is 14.7 Å². The summed E-state index contributed by atoms with van der Waals surface area (Å²) in [5.74, 6) is -3.17. The van der Waals surface area contributed by atoms with Gasteiger partial charge in [-0.2, -0.15) is 13.2 Å². The average Bonchev–Trinajstić information content (AvgIpc) is 2.57. The van der Waals surface area contributed by atoms with Gasteiger partial charge in [0.05, 0.1) is 6.04 Å². The Morgan fingerprint density at radius 2 is 1.94 bits per heavy atom. The Morgan fingerprint density at radius 3 is 2.28 bits per heavy atom. The van der Waals surface area contributed by atoms with Gasteiger partial charge >= 0.3 is 17.8 Å². The number of aromatic amines is 1. The Labute approximate surface area is 99.5 Å². The SMILES string of the molecule is CC(C)(C)C(NC(=O)C(F)(F)F)c1noc(=O)[nH]1. The molecule has 0 spiro atoms. The molecule has 0 aliphatic heterocycles. The van der Waals surface area contributed by atoms with Crippen molar-refractivity contribution in [1.82, 2.24) is 15.5 Å². The van der Waals surface area contributed by atoms with Gasteiger partial charge in [-0.3, -0.25) is 14.3 Å². The van der Waals surface area contributed by atoms with Crippen molar-refractivity contribution in [3.8, 4) is 0 Å². The molecular formula is C9H12F3N3O3. The maximum atomic E-state index is 12.2. The molecule has 0 aliphatic rings. The van der Waals surface area contributed by atoms with Gasteiger partial charge in [0.15, 0.2) is 5.82 Å². The Balaban J connectivity index is 3.02. The number of nitrogens with zero attached hydrogens (tertiary/aromatic N) is 1. The first kappa shape index (κ1) is 14.3. The van der Waals surface area contributed by atoms with Gasteiger partial charge in [0.1, 0.15) is 0 Å². The van der Waals surface area contributed by atoms with E-state index < -0.39 is 29.3 Å². The predicted molar refractivity (Wildman–Crippen MR) is 53.5 cm³/mol. The van der Waals surface area contributed by atoms with E-state index in [1.54, 1.807) is 26.1 Å². The van der Waals surface area contributed by atoms with E-state index in [-0.39, 0.29) is 5.82 Å². The molecule has 0 aliphatic carbocycles. The fourth-order valence-electron chi connectivity index (χ4n) is 1.27. The number of nitrogens with one attached hydrogen (secondary N) is 2. The first-order chi connectivity index (χ1) is 8.01. The second kappa shape index (κ2) is 4.46. The Hall–Kier alpha value is -1.80. The van der Waals surface area contributed by atoms with Gasteiger partial charge < -0.3 is 5.32 Å². The number of alkyl halides is 3. The van der Waals surface area contributed by atoms with Crippen LogP contribution >= 0.6 is 0 Å². The third kappa shape index (κ3) is 3.34. The molecule has 9 heteroatoms. The second-order valence-electron chi connectivity index (χ2n) is 4.75. The predicted octanol–water partition coefficient (Wildman–Crippen LogP) is 1.13. The third-order valence-electron chi connectivity index (χ3n) is 2.13. The van der Waals surface area contributed by atoms with Gasteiger partial charge in [0.2, 0.25) is 0 Å². The second-order valence-corrected chi connectivity index (χ2v) is 4.75. The lowest BCUT2D eigenvalue weighted by molar-refractivity contribution is -0.175. The normalized spacial score (nSPS) is 14.3. The number of amides is 1. The zero-order valence-electron chi connectivity index (χ0n) is 9.88. The largest absolute Gasteiger partial charge is 0.471 e. The summed E-state index contributed by atoms with van der Waals surface area (Å²) >= 11 is 0. The average molecular weight is 267 g/mol. The molecule has 1 rings (SSSR count). The molecule has 1 atom stereocenters. The zero-order chi connectivity index (χ0) is 14.1. The molecule has 6 nitrogen and oxygen atoms in total. The van der Waals surface area contributed by atoms with E-state index in [1.165, 1.54) is 0 Å². The van der Waals surface area contributed by atoms with E-state index in [1.807, 2.05) is 0 Å². The summed E-state index contributed by atoms with van der Waals surface area (Å²) in [6.45, 7) is 4.75. The Kier molecular flexibility index (Phi) is 3.54. The van der Waals surface area contributed by atoms with Gasteiger partial charge in [-0.05, 0) is 5.41 Å². The van der Waals surface area contributed by atoms with Gasteiger partial charge in [-0.25, -0.2) is 4.79 Å². The summed E-state index contributed by atoms with van der Waals surface area (Å²) in [5, 5.41) is 5.06. The minimum atomic E-state index is -5.01. The van der Waals surface area contributed by atoms with Crippen molar-refractivity contribution in [2.24, 2.45) is 5.41 Å². The molecular weight excluding hydrogens is 255 g/mol. The van der Waals surface area contributed by atoms with Crippen molar-refractivity contribution in [3.63, 3.8) is 0 Å². The molecule has 0 fully saturated rings. The lowest BCUT2D eigenvalue weighted by Gasteiger charge is -2.29. The molecule has 0 radical (unpaired) electrons. The van der Waals surface area contributed by atoms with Crippen LogP contribution in [0.2, 0.25) is 0 Å². The quantitative estimate of drug-likeness (QED) is 0.840. The number of hydrogen-bond donors (Lipinski definition) is 2. The molecule has 0 saturated carbocycles. The molecule has 0 saturated heterocycles. The molecule has 1 aromatic heterocycles. The minimum absolute atomic E-state index is 0.162. The van der Waals surface area contributed by atoms with Crippen molar-refractivity contribution >= 4 is 5.91 Å². The van der Waals surface area contributed by atoms with Gasteiger partial charge in [-0.15, -0.1) is 0 Å². The van der Waals surface area contributed by atoms with Crippen LogP contribution in [0.15, 0.2) is 9.32 Å². The standard InChI is InChI=1S/C9H12F3N3O3/c1-8(2,3)4(5-14-7(17)18-15-5)13-6(16)9(10,11)12/h4H,1-3H3,(H,13,16)(H,14,15,17). The first-order valence-corrected chi connectivity index (χ1v) is 4.95. The fraction of sp³-hybridized carbons (Fsp3) is 0.667. The number of aromatic nitrogens is 2. The molecule has 1 aromatic rings. The molecule has 0 bridgehead atoms. The number of halogens is 3. The van der Waals surface area contributed by atoms with Crippen molar-refractivity contribution in [3.05, 3.63) is 16.4 Å². The van der Waals surface area contributed by atoms with Gasteiger partial charge in [0, 0.05) is 0 Å². The number of carbonyl (C=O) groups excluding carboxylic acids is 1. The van der Waals surface area contributed by atoms with Crippen LogP contribution < -0.4 is 11.1 Å². The number of rotatable bonds is 2. The van der Waals surface area contributed by atoms with Crippen LogP contribution in [0, 0.1) is 5.41 Å². The highest BCUT2D eigenvalue weighted by Crippen LogP contribution is 2.31. The van der Waals surface area contributed by atoms with Crippen LogP contribution in [-0.2, 0) is 4.79 Å². The van der Waals surface area contributed by atoms with Crippen LogP contribution in [0.4, 0.5) is 13.2 Å². The summed E-state index contributed by atoms with van der Waals surface area (Å²) < 4.78 is 40.8. The summed E-state index contributed by atoms with van der Waals surface area (Å²) in [7, 11) is 0. The first-order valence-electron chi connectivity index (χ1n) is 4.95. The van der Waals surface area contributed by atoms with E-state index in [0.717, 1.165) is 0 Å². The van der Waals surface area contributed by atoms with Crippen LogP contribution in [0.1, 0.15) is 32.6 Å². The van der Waals surface area contributed by atoms with Gasteiger partial charge in [0.25, 0.3) is 0 Å². The van der Waals surface area contributed by atoms with E-state index in [9.17, 15) is 22.8 Å². The Morgan fingerprint density at radius 1 is 1.39 bits per heavy atom. The number of H-pyrrole nitrogens is 1. The van der Waals surface area contributed by atoms with E-state index in [0.29, 0.717) is 0 Å². The lowest BCUT2D eigenvalue weighted by atomic mass is 9.86. The smallest absolute Gasteiger partial charge is 0.338 e. The third-order valence-corrected chi connectivity index (χ3v) is 2.13. The number of hydrogen-bond acceptors (Lipinski definition) is 4. The van der Waals surface area contributed by atoms with Gasteiger partial charge in [-0.1, -0.05) is 25.9 Å². The topological polar surface area (TPSA) is 88.0 Å². The molecule has 1 amide bonds. The lowest BCUT2D eigenvalue weighted by Crippen LogP contribution is -2.44. The molecule has 102 valence electrons. The van der Waals surface area contributed by atoms with Crippen molar-refractivity contribution in [2.45, 2.75) is 33.0 Å². The minimum Gasteiger partial charge on any atom is -0.338 e. The summed E-state index contributed by atoms with van der Waals surface area (Å²) in [6, 6.07) is -1.13. The highest BCUT2D eigenvalue weighted by Gasteiger charge is 2.42. The van der Waals surface area contributed by atoms with Crippen molar-refractivity contribution in [1.29, 1.82) is 0 Å². The fourth-order valence-corrected chi connectivity index (χ4v) is 1.27. The van der Waals surface area contributed by atoms with Crippen LogP contribution in [-0.4, -0.2) is 22.2 Å². The van der Waals surface area contributed by atoms with E-state index in [4.69, 9.17) is 0 Å². The highest BCUT2D eigenvalue weighted by atomic mass is 19.4. The number of carbonyl (C=O) groups is 1. The van der Waals surface area contributed by atoms with E-state index >= 15 is 0 Å². The Bertz CT molecular complexity index is 483. The maximum absolute atomic E-state index is 12.2. The van der Waals surface area contributed by atoms with Crippen LogP contribution in [0.5, 0.6) is 0 Å². The van der Waals surface area contributed by atoms with Crippen molar-refractivity contribution in [2.75, 3.05) is 0 Å². The molecule has 18 heavy (non-hydrogen) atoms. The maximum Gasteiger partial charge on any atom is 0.471 e. The van der Waals surface area contributed by atoms with Crippen LogP contribution in [0.3, 0.4) is 0 Å². The molecule has 0 aromatic carbocycles. The summed E-state index contributed by atoms with van der Waals surface area (Å²) in [6.07, 6.45) is -5.01. The summed E-state index contributed by atoms with van der Waals surface area (Å²) in [4.78, 5) is 23.8. The zero-order valence-corrected chi connectivity index (χ0v) is 9.88. The monoisotopic (exact) mass is 267 g/mol. The highest BCUT2D eigenvalue weighted by molar-refractivity contribution is 5.82. The molecule has 2 N–H and O–H groups in total. The van der Waals surface area contributed by atoms with Crippen molar-refractivity contribution < 1.29 is 22.5 Å². The van der Waals surface area contributed by atoms with Crippen LogP contribution in [0.25, 0.3) is 0 Å². The molecule has 1 unspecified atom stereocenters. The summed E-state index contributed by atoms with van der Waals surface area (Å²) in [5.41, 5.74) is -0.791. The molecule has 1 heterocycles.